The maximum absolute atomic E-state index is 5.72. The molecule has 2 aliphatic rings. The van der Waals surface area contributed by atoms with Gasteiger partial charge in [-0.05, 0) is 39.5 Å². The lowest BCUT2D eigenvalue weighted by molar-refractivity contribution is 0.0541. The van der Waals surface area contributed by atoms with Crippen molar-refractivity contribution < 1.29 is 4.74 Å². The molecule has 2 heteroatoms. The van der Waals surface area contributed by atoms with Gasteiger partial charge in [0.15, 0.2) is 0 Å². The first-order valence-electron chi connectivity index (χ1n) is 5.08. The highest BCUT2D eigenvalue weighted by Crippen LogP contribution is 2.34. The van der Waals surface area contributed by atoms with Crippen LogP contribution in [0.25, 0.3) is 0 Å². The molecule has 1 saturated heterocycles. The minimum atomic E-state index is 0.467. The topological polar surface area (TPSA) is 21.3 Å². The highest BCUT2D eigenvalue weighted by atomic mass is 16.5. The maximum atomic E-state index is 5.72. The minimum absolute atomic E-state index is 0.467. The number of ether oxygens (including phenoxy) is 1. The summed E-state index contributed by atoms with van der Waals surface area (Å²) in [6.07, 6.45) is 6.14. The van der Waals surface area contributed by atoms with Gasteiger partial charge < -0.3 is 10.1 Å². The molecule has 2 nitrogen and oxygen atoms in total. The Bertz CT molecular complexity index is 165. The highest BCUT2D eigenvalue weighted by Gasteiger charge is 2.37. The molecule has 12 heavy (non-hydrogen) atoms. The van der Waals surface area contributed by atoms with Gasteiger partial charge in [-0.3, -0.25) is 0 Å². The summed E-state index contributed by atoms with van der Waals surface area (Å²) in [5.41, 5.74) is 0.467. The summed E-state index contributed by atoms with van der Waals surface area (Å²) < 4.78 is 5.72. The Hall–Kier alpha value is -0.0800. The van der Waals surface area contributed by atoms with E-state index in [1.807, 2.05) is 0 Å². The molecule has 0 spiro atoms. The monoisotopic (exact) mass is 169 g/mol. The van der Waals surface area contributed by atoms with E-state index in [9.17, 15) is 0 Å². The van der Waals surface area contributed by atoms with Crippen molar-refractivity contribution in [1.29, 1.82) is 0 Å². The van der Waals surface area contributed by atoms with Gasteiger partial charge in [0.1, 0.15) is 0 Å². The molecule has 70 valence electrons. The Morgan fingerprint density at radius 1 is 1.42 bits per heavy atom. The van der Waals surface area contributed by atoms with Gasteiger partial charge in [-0.25, -0.2) is 0 Å². The van der Waals surface area contributed by atoms with Crippen molar-refractivity contribution in [2.45, 2.75) is 57.3 Å². The summed E-state index contributed by atoms with van der Waals surface area (Å²) in [5.74, 6) is 0. The van der Waals surface area contributed by atoms with E-state index < -0.39 is 0 Å². The smallest absolute Gasteiger partial charge is 0.0704 e. The lowest BCUT2D eigenvalue weighted by Gasteiger charge is -2.16. The second-order valence-corrected chi connectivity index (χ2v) is 4.59. The van der Waals surface area contributed by atoms with E-state index in [4.69, 9.17) is 4.74 Å². The lowest BCUT2D eigenvalue weighted by Crippen LogP contribution is -2.35. The fourth-order valence-electron chi connectivity index (χ4n) is 1.76. The SMILES string of the molecule is CC1CCC(CNC2(C)CC2)O1. The number of nitrogens with one attached hydrogen (secondary N) is 1. The molecule has 1 saturated carbocycles. The van der Waals surface area contributed by atoms with Crippen LogP contribution in [0.4, 0.5) is 0 Å². The molecule has 0 radical (unpaired) electrons. The van der Waals surface area contributed by atoms with Crippen molar-refractivity contribution >= 4 is 0 Å². The minimum Gasteiger partial charge on any atom is -0.374 e. The molecule has 2 fully saturated rings. The quantitative estimate of drug-likeness (QED) is 0.694. The molecule has 0 bridgehead atoms. The zero-order valence-corrected chi connectivity index (χ0v) is 8.10. The maximum Gasteiger partial charge on any atom is 0.0704 e. The summed E-state index contributed by atoms with van der Waals surface area (Å²) in [5, 5.41) is 3.57. The normalized spacial score (nSPS) is 38.5. The second kappa shape index (κ2) is 3.00. The first-order chi connectivity index (χ1) is 5.68. The van der Waals surface area contributed by atoms with Gasteiger partial charge in [0.05, 0.1) is 12.2 Å². The first kappa shape index (κ1) is 8.52. The molecule has 2 atom stereocenters. The van der Waals surface area contributed by atoms with Gasteiger partial charge in [-0.15, -0.1) is 0 Å². The van der Waals surface area contributed by atoms with Crippen LogP contribution >= 0.6 is 0 Å². The van der Waals surface area contributed by atoms with Crippen molar-refractivity contribution in [1.82, 2.24) is 5.32 Å². The van der Waals surface area contributed by atoms with Crippen LogP contribution in [0.1, 0.15) is 39.5 Å². The van der Waals surface area contributed by atoms with Crippen molar-refractivity contribution in [2.24, 2.45) is 0 Å². The molecule has 0 aromatic heterocycles. The van der Waals surface area contributed by atoms with Crippen molar-refractivity contribution in [3.63, 3.8) is 0 Å². The number of hydrogen-bond acceptors (Lipinski definition) is 2. The van der Waals surface area contributed by atoms with Crippen LogP contribution in [0.15, 0.2) is 0 Å². The van der Waals surface area contributed by atoms with Gasteiger partial charge >= 0.3 is 0 Å². The van der Waals surface area contributed by atoms with E-state index in [-0.39, 0.29) is 0 Å². The third-order valence-electron chi connectivity index (χ3n) is 3.08. The summed E-state index contributed by atoms with van der Waals surface area (Å²) in [6.45, 7) is 5.52. The molecular weight excluding hydrogens is 150 g/mol. The largest absolute Gasteiger partial charge is 0.374 e. The second-order valence-electron chi connectivity index (χ2n) is 4.59. The molecular formula is C10H19NO. The standard InChI is InChI=1S/C10H19NO/c1-8-3-4-9(12-8)7-11-10(2)5-6-10/h8-9,11H,3-7H2,1-2H3. The molecule has 1 aliphatic heterocycles. The van der Waals surface area contributed by atoms with E-state index in [2.05, 4.69) is 19.2 Å². The zero-order chi connectivity index (χ0) is 8.60. The molecule has 0 aromatic carbocycles. The summed E-state index contributed by atoms with van der Waals surface area (Å²) >= 11 is 0. The number of rotatable bonds is 3. The van der Waals surface area contributed by atoms with Crippen LogP contribution in [-0.2, 0) is 4.74 Å². The fraction of sp³-hybridized carbons (Fsp3) is 1.00. The molecule has 1 N–H and O–H groups in total. The molecule has 2 rings (SSSR count). The van der Waals surface area contributed by atoms with Crippen LogP contribution in [0.3, 0.4) is 0 Å². The molecule has 0 amide bonds. The Labute approximate surface area is 74.7 Å². The van der Waals surface area contributed by atoms with Gasteiger partial charge in [0, 0.05) is 12.1 Å². The van der Waals surface area contributed by atoms with Gasteiger partial charge in [-0.2, -0.15) is 0 Å². The summed E-state index contributed by atoms with van der Waals surface area (Å²) in [6, 6.07) is 0. The van der Waals surface area contributed by atoms with Gasteiger partial charge in [0.25, 0.3) is 0 Å². The summed E-state index contributed by atoms with van der Waals surface area (Å²) in [4.78, 5) is 0. The molecule has 1 aliphatic carbocycles. The van der Waals surface area contributed by atoms with Crippen molar-refractivity contribution in [2.75, 3.05) is 6.54 Å². The van der Waals surface area contributed by atoms with E-state index in [0.717, 1.165) is 6.54 Å². The summed E-state index contributed by atoms with van der Waals surface area (Å²) in [7, 11) is 0. The third-order valence-corrected chi connectivity index (χ3v) is 3.08. The average molecular weight is 169 g/mol. The lowest BCUT2D eigenvalue weighted by atomic mass is 10.2. The van der Waals surface area contributed by atoms with Crippen LogP contribution in [-0.4, -0.2) is 24.3 Å². The van der Waals surface area contributed by atoms with Crippen LogP contribution < -0.4 is 5.32 Å². The highest BCUT2D eigenvalue weighted by molar-refractivity contribution is 4.98. The zero-order valence-electron chi connectivity index (χ0n) is 8.10. The van der Waals surface area contributed by atoms with Crippen LogP contribution in [0, 0.1) is 0 Å². The van der Waals surface area contributed by atoms with E-state index in [0.29, 0.717) is 17.7 Å². The Kier molecular flexibility index (Phi) is 2.13. The molecule has 2 unspecified atom stereocenters. The van der Waals surface area contributed by atoms with Crippen molar-refractivity contribution in [3.8, 4) is 0 Å². The molecule has 0 aromatic rings. The van der Waals surface area contributed by atoms with E-state index in [1.54, 1.807) is 0 Å². The predicted octanol–water partition coefficient (Wildman–Crippen LogP) is 1.70. The Morgan fingerprint density at radius 2 is 2.17 bits per heavy atom. The Morgan fingerprint density at radius 3 is 2.67 bits per heavy atom. The van der Waals surface area contributed by atoms with Crippen LogP contribution in [0.5, 0.6) is 0 Å². The molecule has 1 heterocycles. The number of hydrogen-bond donors (Lipinski definition) is 1. The van der Waals surface area contributed by atoms with E-state index in [1.165, 1.54) is 25.7 Å². The fourth-order valence-corrected chi connectivity index (χ4v) is 1.76. The van der Waals surface area contributed by atoms with Gasteiger partial charge in [-0.1, -0.05) is 0 Å². The van der Waals surface area contributed by atoms with Gasteiger partial charge in [0.2, 0.25) is 0 Å². The van der Waals surface area contributed by atoms with Crippen LogP contribution in [0.2, 0.25) is 0 Å². The Balaban J connectivity index is 1.67. The first-order valence-corrected chi connectivity index (χ1v) is 5.08. The average Bonchev–Trinajstić information content (AvgIpc) is 2.60. The predicted molar refractivity (Wildman–Crippen MR) is 49.2 cm³/mol. The van der Waals surface area contributed by atoms with Crippen molar-refractivity contribution in [3.05, 3.63) is 0 Å². The van der Waals surface area contributed by atoms with E-state index >= 15 is 0 Å². The third kappa shape index (κ3) is 1.99.